The van der Waals surface area contributed by atoms with Gasteiger partial charge in [-0.2, -0.15) is 0 Å². The van der Waals surface area contributed by atoms with Gasteiger partial charge in [0.1, 0.15) is 0 Å². The Balaban J connectivity index is 1.63. The van der Waals surface area contributed by atoms with E-state index >= 15 is 0 Å². The third-order valence-electron chi connectivity index (χ3n) is 4.63. The molecule has 1 amide bonds. The van der Waals surface area contributed by atoms with Crippen molar-refractivity contribution in [2.45, 2.75) is 31.3 Å². The molecule has 2 aliphatic rings. The molecule has 4 nitrogen and oxygen atoms in total. The van der Waals surface area contributed by atoms with E-state index in [2.05, 4.69) is 10.3 Å². The van der Waals surface area contributed by atoms with Gasteiger partial charge in [-0.15, -0.1) is 0 Å². The summed E-state index contributed by atoms with van der Waals surface area (Å²) in [7, 11) is 0. The normalized spacial score (nSPS) is 25.9. The number of nitrogens with one attached hydrogen (secondary N) is 2. The molecule has 2 aliphatic heterocycles. The molecule has 2 fully saturated rings. The predicted molar refractivity (Wildman–Crippen MR) is 78.8 cm³/mol. The zero-order chi connectivity index (χ0) is 13.5. The smallest absolute Gasteiger partial charge is 0.256 e. The fourth-order valence-electron chi connectivity index (χ4n) is 3.55. The molecule has 2 atom stereocenters. The van der Waals surface area contributed by atoms with E-state index in [0.717, 1.165) is 36.0 Å². The van der Waals surface area contributed by atoms with Crippen LogP contribution in [-0.4, -0.2) is 41.0 Å². The lowest BCUT2D eigenvalue weighted by Crippen LogP contribution is -2.39. The molecule has 20 heavy (non-hydrogen) atoms. The van der Waals surface area contributed by atoms with E-state index in [9.17, 15) is 4.79 Å². The highest BCUT2D eigenvalue weighted by Gasteiger charge is 2.31. The van der Waals surface area contributed by atoms with Gasteiger partial charge in [-0.3, -0.25) is 4.79 Å². The van der Waals surface area contributed by atoms with E-state index in [4.69, 9.17) is 0 Å². The van der Waals surface area contributed by atoms with Crippen LogP contribution in [0.3, 0.4) is 0 Å². The van der Waals surface area contributed by atoms with Crippen molar-refractivity contribution in [1.82, 2.24) is 15.2 Å². The number of rotatable bonds is 1. The van der Waals surface area contributed by atoms with Crippen molar-refractivity contribution in [1.29, 1.82) is 0 Å². The van der Waals surface area contributed by atoms with Crippen LogP contribution in [0.15, 0.2) is 30.5 Å². The third-order valence-corrected chi connectivity index (χ3v) is 4.63. The van der Waals surface area contributed by atoms with Gasteiger partial charge in [0.15, 0.2) is 0 Å². The number of fused-ring (bicyclic) bond motifs is 3. The Morgan fingerprint density at radius 3 is 2.95 bits per heavy atom. The Bertz CT molecular complexity index is 648. The molecule has 0 radical (unpaired) electrons. The summed E-state index contributed by atoms with van der Waals surface area (Å²) in [6, 6.07) is 9.09. The lowest BCUT2D eigenvalue weighted by Gasteiger charge is -2.24. The van der Waals surface area contributed by atoms with Crippen molar-refractivity contribution in [3.63, 3.8) is 0 Å². The van der Waals surface area contributed by atoms with Gasteiger partial charge in [-0.1, -0.05) is 18.2 Å². The Labute approximate surface area is 118 Å². The van der Waals surface area contributed by atoms with Crippen LogP contribution in [0, 0.1) is 0 Å². The van der Waals surface area contributed by atoms with Gasteiger partial charge >= 0.3 is 0 Å². The minimum absolute atomic E-state index is 0.164. The number of likely N-dealkylation sites (tertiary alicyclic amines) is 1. The van der Waals surface area contributed by atoms with Crippen molar-refractivity contribution >= 4 is 16.8 Å². The molecular formula is C16H19N3O. The van der Waals surface area contributed by atoms with Crippen molar-refractivity contribution in [2.24, 2.45) is 0 Å². The van der Waals surface area contributed by atoms with E-state index in [0.29, 0.717) is 12.1 Å². The number of aromatic nitrogens is 1. The second-order valence-corrected chi connectivity index (χ2v) is 5.93. The quantitative estimate of drug-likeness (QED) is 0.833. The molecule has 2 bridgehead atoms. The second-order valence-electron chi connectivity index (χ2n) is 5.93. The number of hydrogen-bond acceptors (Lipinski definition) is 2. The number of aromatic amines is 1. The first-order chi connectivity index (χ1) is 9.81. The van der Waals surface area contributed by atoms with Crippen molar-refractivity contribution in [2.75, 3.05) is 13.1 Å². The summed E-state index contributed by atoms with van der Waals surface area (Å²) < 4.78 is 0. The molecule has 1 aromatic carbocycles. The minimum Gasteiger partial charge on any atom is -0.360 e. The van der Waals surface area contributed by atoms with Crippen LogP contribution in [0.1, 0.15) is 29.6 Å². The maximum Gasteiger partial charge on any atom is 0.256 e. The zero-order valence-corrected chi connectivity index (χ0v) is 11.4. The fraction of sp³-hybridized carbons (Fsp3) is 0.438. The molecule has 1 aromatic heterocycles. The van der Waals surface area contributed by atoms with Crippen LogP contribution in [0.2, 0.25) is 0 Å². The zero-order valence-electron chi connectivity index (χ0n) is 11.4. The van der Waals surface area contributed by atoms with Crippen LogP contribution < -0.4 is 5.32 Å². The standard InChI is InChI=1S/C16H19N3O/c20-16(14-9-17-15-4-2-1-3-13(14)15)19-8-7-11-5-6-12(10-19)18-11/h1-4,9,11-12,17-18H,5-8,10H2. The Morgan fingerprint density at radius 1 is 1.15 bits per heavy atom. The molecule has 4 heteroatoms. The maximum atomic E-state index is 12.8. The Hall–Kier alpha value is -1.81. The van der Waals surface area contributed by atoms with Gasteiger partial charge < -0.3 is 15.2 Å². The fourth-order valence-corrected chi connectivity index (χ4v) is 3.55. The van der Waals surface area contributed by atoms with E-state index in [1.807, 2.05) is 35.4 Å². The van der Waals surface area contributed by atoms with Gasteiger partial charge in [-0.05, 0) is 25.3 Å². The summed E-state index contributed by atoms with van der Waals surface area (Å²) in [5.41, 5.74) is 1.84. The largest absolute Gasteiger partial charge is 0.360 e. The van der Waals surface area contributed by atoms with Gasteiger partial charge in [0.25, 0.3) is 5.91 Å². The highest BCUT2D eigenvalue weighted by atomic mass is 16.2. The monoisotopic (exact) mass is 269 g/mol. The molecule has 2 unspecified atom stereocenters. The number of nitrogens with zero attached hydrogens (tertiary/aromatic N) is 1. The molecule has 2 aromatic rings. The van der Waals surface area contributed by atoms with Gasteiger partial charge in [0.2, 0.25) is 0 Å². The van der Waals surface area contributed by atoms with Crippen LogP contribution >= 0.6 is 0 Å². The summed E-state index contributed by atoms with van der Waals surface area (Å²) >= 11 is 0. The number of carbonyl (C=O) groups is 1. The first kappa shape index (κ1) is 12.0. The first-order valence-electron chi connectivity index (χ1n) is 7.43. The lowest BCUT2D eigenvalue weighted by molar-refractivity contribution is 0.0750. The summed E-state index contributed by atoms with van der Waals surface area (Å²) in [6.07, 6.45) is 5.39. The molecule has 2 saturated heterocycles. The third kappa shape index (κ3) is 1.91. The van der Waals surface area contributed by atoms with Crippen LogP contribution in [0.5, 0.6) is 0 Å². The predicted octanol–water partition coefficient (Wildman–Crippen LogP) is 2.13. The number of benzene rings is 1. The average molecular weight is 269 g/mol. The van der Waals surface area contributed by atoms with Crippen molar-refractivity contribution in [3.05, 3.63) is 36.0 Å². The summed E-state index contributed by atoms with van der Waals surface area (Å²) in [4.78, 5) is 18.0. The highest BCUT2D eigenvalue weighted by Crippen LogP contribution is 2.24. The topological polar surface area (TPSA) is 48.1 Å². The summed E-state index contributed by atoms with van der Waals surface area (Å²) in [5, 5.41) is 4.65. The molecule has 2 N–H and O–H groups in total. The van der Waals surface area contributed by atoms with Gasteiger partial charge in [0, 0.05) is 42.3 Å². The molecular weight excluding hydrogens is 250 g/mol. The average Bonchev–Trinajstić information content (AvgIpc) is 3.01. The summed E-state index contributed by atoms with van der Waals surface area (Å²) in [6.45, 7) is 1.71. The van der Waals surface area contributed by atoms with E-state index in [-0.39, 0.29) is 5.91 Å². The number of amides is 1. The van der Waals surface area contributed by atoms with Crippen LogP contribution in [0.4, 0.5) is 0 Å². The summed E-state index contributed by atoms with van der Waals surface area (Å²) in [5.74, 6) is 0.164. The molecule has 0 saturated carbocycles. The maximum absolute atomic E-state index is 12.8. The SMILES string of the molecule is O=C(c1c[nH]c2ccccc12)N1CCC2CCC(C1)N2. The lowest BCUT2D eigenvalue weighted by atomic mass is 10.1. The van der Waals surface area contributed by atoms with E-state index in [1.54, 1.807) is 0 Å². The minimum atomic E-state index is 0.164. The molecule has 0 spiro atoms. The first-order valence-corrected chi connectivity index (χ1v) is 7.43. The van der Waals surface area contributed by atoms with Crippen molar-refractivity contribution in [3.8, 4) is 0 Å². The molecule has 104 valence electrons. The number of H-pyrrole nitrogens is 1. The number of para-hydroxylation sites is 1. The number of hydrogen-bond donors (Lipinski definition) is 2. The van der Waals surface area contributed by atoms with Crippen molar-refractivity contribution < 1.29 is 4.79 Å². The Kier molecular flexibility index (Phi) is 2.77. The van der Waals surface area contributed by atoms with Crippen LogP contribution in [0.25, 0.3) is 10.9 Å². The Morgan fingerprint density at radius 2 is 2.00 bits per heavy atom. The van der Waals surface area contributed by atoms with E-state index < -0.39 is 0 Å². The number of carbonyl (C=O) groups excluding carboxylic acids is 1. The van der Waals surface area contributed by atoms with E-state index in [1.165, 1.54) is 12.8 Å². The van der Waals surface area contributed by atoms with Gasteiger partial charge in [0.05, 0.1) is 5.56 Å². The second kappa shape index (κ2) is 4.63. The van der Waals surface area contributed by atoms with Crippen LogP contribution in [-0.2, 0) is 0 Å². The molecule has 0 aliphatic carbocycles. The highest BCUT2D eigenvalue weighted by molar-refractivity contribution is 6.06. The molecule has 3 heterocycles. The molecule has 4 rings (SSSR count). The van der Waals surface area contributed by atoms with Gasteiger partial charge in [-0.25, -0.2) is 0 Å².